The summed E-state index contributed by atoms with van der Waals surface area (Å²) < 4.78 is 5.28. The van der Waals surface area contributed by atoms with E-state index in [1.54, 1.807) is 18.3 Å². The first-order chi connectivity index (χ1) is 11.1. The Morgan fingerprint density at radius 1 is 1.43 bits per heavy atom. The van der Waals surface area contributed by atoms with Crippen LogP contribution < -0.4 is 10.6 Å². The Hall–Kier alpha value is -1.73. The maximum atomic E-state index is 12.6. The van der Waals surface area contributed by atoms with Gasteiger partial charge < -0.3 is 9.84 Å². The lowest BCUT2D eigenvalue weighted by Crippen LogP contribution is -2.26. The van der Waals surface area contributed by atoms with Crippen LogP contribution in [0.25, 0.3) is 0 Å². The number of hydrogen-bond acceptors (Lipinski definition) is 6. The predicted molar refractivity (Wildman–Crippen MR) is 90.2 cm³/mol. The second kappa shape index (κ2) is 6.80. The molecule has 2 aromatic heterocycles. The van der Waals surface area contributed by atoms with Gasteiger partial charge in [-0.1, -0.05) is 19.0 Å². The van der Waals surface area contributed by atoms with Gasteiger partial charge >= 0.3 is 0 Å². The second-order valence-electron chi connectivity index (χ2n) is 6.21. The Bertz CT molecular complexity index is 686. The molecule has 23 heavy (non-hydrogen) atoms. The lowest BCUT2D eigenvalue weighted by Gasteiger charge is -2.20. The minimum absolute atomic E-state index is 0.110. The second-order valence-corrected chi connectivity index (χ2v) is 7.27. The third kappa shape index (κ3) is 3.45. The minimum atomic E-state index is -0.196. The Kier molecular flexibility index (Phi) is 4.77. The highest BCUT2D eigenvalue weighted by atomic mass is 32.1. The largest absolute Gasteiger partial charge is 0.360 e. The molecule has 2 aromatic rings. The van der Waals surface area contributed by atoms with Crippen LogP contribution in [0, 0.1) is 6.92 Å². The van der Waals surface area contributed by atoms with E-state index in [0.29, 0.717) is 28.1 Å². The van der Waals surface area contributed by atoms with Gasteiger partial charge in [-0.25, -0.2) is 4.98 Å². The fourth-order valence-electron chi connectivity index (χ4n) is 2.86. The quantitative estimate of drug-likeness (QED) is 0.897. The molecule has 0 saturated carbocycles. The maximum absolute atomic E-state index is 12.6. The summed E-state index contributed by atoms with van der Waals surface area (Å²) in [5, 5.41) is 10.8. The summed E-state index contributed by atoms with van der Waals surface area (Å²) in [5.74, 6) is 1.08. The number of aromatic nitrogens is 2. The highest BCUT2D eigenvalue weighted by molar-refractivity contribution is 7.15. The summed E-state index contributed by atoms with van der Waals surface area (Å²) >= 11 is 1.56. The average molecular weight is 334 g/mol. The number of aryl methyl sites for hydroxylation is 1. The number of anilines is 1. The van der Waals surface area contributed by atoms with Gasteiger partial charge in [0.25, 0.3) is 5.91 Å². The number of carbonyl (C=O) groups excluding carboxylic acids is 1. The van der Waals surface area contributed by atoms with Gasteiger partial charge in [0.15, 0.2) is 10.9 Å². The Labute approximate surface area is 139 Å². The Morgan fingerprint density at radius 3 is 2.87 bits per heavy atom. The molecule has 124 valence electrons. The Morgan fingerprint density at radius 2 is 2.17 bits per heavy atom. The van der Waals surface area contributed by atoms with Crippen molar-refractivity contribution in [3.05, 3.63) is 28.1 Å². The summed E-state index contributed by atoms with van der Waals surface area (Å²) in [6.45, 7) is 7.83. The van der Waals surface area contributed by atoms with Gasteiger partial charge in [-0.2, -0.15) is 0 Å². The molecule has 0 radical (unpaired) electrons. The molecule has 3 heterocycles. The van der Waals surface area contributed by atoms with Crippen LogP contribution in [0.2, 0.25) is 0 Å². The number of amides is 1. The van der Waals surface area contributed by atoms with Crippen molar-refractivity contribution >= 4 is 22.4 Å². The fourth-order valence-corrected chi connectivity index (χ4v) is 3.84. The molecule has 3 rings (SSSR count). The molecular formula is C16H22N4O2S. The van der Waals surface area contributed by atoms with Crippen LogP contribution in [0.3, 0.4) is 0 Å². The maximum Gasteiger partial charge on any atom is 0.262 e. The minimum Gasteiger partial charge on any atom is -0.360 e. The summed E-state index contributed by atoms with van der Waals surface area (Å²) in [5.41, 5.74) is 1.14. The Balaban J connectivity index is 1.73. The van der Waals surface area contributed by atoms with Crippen LogP contribution >= 0.6 is 11.3 Å². The summed E-state index contributed by atoms with van der Waals surface area (Å²) in [6.07, 6.45) is 4.13. The van der Waals surface area contributed by atoms with Crippen molar-refractivity contribution in [2.75, 3.05) is 18.4 Å². The monoisotopic (exact) mass is 334 g/mol. The molecule has 6 nitrogen and oxygen atoms in total. The molecule has 1 aliphatic heterocycles. The van der Waals surface area contributed by atoms with E-state index in [1.165, 1.54) is 4.88 Å². The van der Waals surface area contributed by atoms with Crippen LogP contribution in [0.15, 0.2) is 10.7 Å². The molecule has 2 N–H and O–H groups in total. The lowest BCUT2D eigenvalue weighted by molar-refractivity contribution is 0.102. The van der Waals surface area contributed by atoms with E-state index in [4.69, 9.17) is 4.52 Å². The predicted octanol–water partition coefficient (Wildman–Crippen LogP) is 3.28. The van der Waals surface area contributed by atoms with Crippen molar-refractivity contribution in [3.63, 3.8) is 0 Å². The average Bonchev–Trinajstić information content (AvgIpc) is 3.15. The van der Waals surface area contributed by atoms with E-state index in [9.17, 15) is 4.79 Å². The van der Waals surface area contributed by atoms with Crippen LogP contribution in [0.1, 0.15) is 65.2 Å². The number of piperidine rings is 1. The number of carbonyl (C=O) groups is 1. The van der Waals surface area contributed by atoms with Crippen molar-refractivity contribution in [2.45, 2.75) is 45.4 Å². The third-order valence-corrected chi connectivity index (χ3v) is 5.20. The number of rotatable bonds is 4. The van der Waals surface area contributed by atoms with E-state index in [0.717, 1.165) is 25.9 Å². The van der Waals surface area contributed by atoms with Crippen LogP contribution in [0.5, 0.6) is 0 Å². The lowest BCUT2D eigenvalue weighted by atomic mass is 9.97. The zero-order valence-electron chi connectivity index (χ0n) is 13.7. The first kappa shape index (κ1) is 16.1. The topological polar surface area (TPSA) is 80.1 Å². The van der Waals surface area contributed by atoms with Gasteiger partial charge in [0.05, 0.1) is 5.69 Å². The van der Waals surface area contributed by atoms with E-state index in [1.807, 2.05) is 20.0 Å². The molecule has 0 atom stereocenters. The number of thiazole rings is 1. The molecule has 1 amide bonds. The standard InChI is InChI=1S/C16H22N4O2S/c1-9(2)14-13(10(3)20-22-14)15(21)19-16-18-8-12(23-16)11-4-6-17-7-5-11/h8-9,11,17H,4-7H2,1-3H3,(H,18,19,21). The van der Waals surface area contributed by atoms with E-state index in [2.05, 4.69) is 20.8 Å². The molecule has 0 spiro atoms. The molecule has 1 fully saturated rings. The SMILES string of the molecule is Cc1noc(C(C)C)c1C(=O)Nc1ncc(C2CCNCC2)s1. The molecule has 0 bridgehead atoms. The van der Waals surface area contributed by atoms with Crippen molar-refractivity contribution < 1.29 is 9.32 Å². The molecule has 0 unspecified atom stereocenters. The van der Waals surface area contributed by atoms with Gasteiger partial charge in [0, 0.05) is 17.0 Å². The van der Waals surface area contributed by atoms with Gasteiger partial charge in [0.1, 0.15) is 5.56 Å². The van der Waals surface area contributed by atoms with E-state index >= 15 is 0 Å². The van der Waals surface area contributed by atoms with Gasteiger partial charge in [-0.15, -0.1) is 11.3 Å². The highest BCUT2D eigenvalue weighted by Gasteiger charge is 2.24. The van der Waals surface area contributed by atoms with E-state index < -0.39 is 0 Å². The zero-order chi connectivity index (χ0) is 16.4. The molecule has 1 saturated heterocycles. The van der Waals surface area contributed by atoms with Crippen molar-refractivity contribution in [1.82, 2.24) is 15.5 Å². The van der Waals surface area contributed by atoms with Crippen molar-refractivity contribution in [2.24, 2.45) is 0 Å². The smallest absolute Gasteiger partial charge is 0.262 e. The number of nitrogens with one attached hydrogen (secondary N) is 2. The molecule has 0 aliphatic carbocycles. The molecule has 0 aromatic carbocycles. The molecule has 7 heteroatoms. The van der Waals surface area contributed by atoms with Crippen LogP contribution in [-0.2, 0) is 0 Å². The van der Waals surface area contributed by atoms with Crippen molar-refractivity contribution in [3.8, 4) is 0 Å². The summed E-state index contributed by atoms with van der Waals surface area (Å²) in [7, 11) is 0. The van der Waals surface area contributed by atoms with Crippen molar-refractivity contribution in [1.29, 1.82) is 0 Å². The summed E-state index contributed by atoms with van der Waals surface area (Å²) in [4.78, 5) is 18.2. The summed E-state index contributed by atoms with van der Waals surface area (Å²) in [6, 6.07) is 0. The van der Waals surface area contributed by atoms with Gasteiger partial charge in [-0.05, 0) is 38.8 Å². The van der Waals surface area contributed by atoms with Crippen LogP contribution in [-0.4, -0.2) is 29.1 Å². The molecular weight excluding hydrogens is 312 g/mol. The number of hydrogen-bond donors (Lipinski definition) is 2. The normalized spacial score (nSPS) is 16.0. The first-order valence-electron chi connectivity index (χ1n) is 8.00. The fraction of sp³-hybridized carbons (Fsp3) is 0.562. The zero-order valence-corrected chi connectivity index (χ0v) is 14.5. The highest BCUT2D eigenvalue weighted by Crippen LogP contribution is 2.32. The van der Waals surface area contributed by atoms with Gasteiger partial charge in [0.2, 0.25) is 0 Å². The first-order valence-corrected chi connectivity index (χ1v) is 8.82. The van der Waals surface area contributed by atoms with E-state index in [-0.39, 0.29) is 11.8 Å². The molecule has 1 aliphatic rings. The van der Waals surface area contributed by atoms with Crippen LogP contribution in [0.4, 0.5) is 5.13 Å². The van der Waals surface area contributed by atoms with Gasteiger partial charge in [-0.3, -0.25) is 10.1 Å². The number of nitrogens with zero attached hydrogens (tertiary/aromatic N) is 2. The third-order valence-electron chi connectivity index (χ3n) is 4.13.